The van der Waals surface area contributed by atoms with Crippen LogP contribution >= 0.6 is 0 Å². The van der Waals surface area contributed by atoms with Crippen LogP contribution in [0.3, 0.4) is 0 Å². The van der Waals surface area contributed by atoms with Crippen molar-refractivity contribution >= 4 is 27.8 Å². The molecule has 0 aliphatic heterocycles. The zero-order valence-corrected chi connectivity index (χ0v) is 23.1. The Morgan fingerprint density at radius 2 is 1.69 bits per heavy atom. The fourth-order valence-electron chi connectivity index (χ4n) is 3.94. The molecule has 0 saturated heterocycles. The lowest BCUT2D eigenvalue weighted by Crippen LogP contribution is -2.39. The van der Waals surface area contributed by atoms with E-state index >= 15 is 4.39 Å². The van der Waals surface area contributed by atoms with E-state index < -0.39 is 57.7 Å². The highest BCUT2D eigenvalue weighted by Gasteiger charge is 2.31. The lowest BCUT2D eigenvalue weighted by molar-refractivity contribution is -0.137. The first-order valence-electron chi connectivity index (χ1n) is 12.3. The van der Waals surface area contributed by atoms with Crippen molar-refractivity contribution in [2.75, 3.05) is 24.6 Å². The highest BCUT2D eigenvalue weighted by Crippen LogP contribution is 2.36. The predicted molar refractivity (Wildman–Crippen MR) is 144 cm³/mol. The summed E-state index contributed by atoms with van der Waals surface area (Å²) in [5.74, 6) is -4.48. The number of halogens is 3. The van der Waals surface area contributed by atoms with Gasteiger partial charge in [-0.3, -0.25) is 14.5 Å². The third-order valence-corrected chi connectivity index (χ3v) is 7.79. The Labute approximate surface area is 238 Å². The van der Waals surface area contributed by atoms with Crippen molar-refractivity contribution in [1.29, 1.82) is 0 Å². The Morgan fingerprint density at radius 3 is 2.36 bits per heavy atom. The van der Waals surface area contributed by atoms with Gasteiger partial charge in [-0.1, -0.05) is 0 Å². The summed E-state index contributed by atoms with van der Waals surface area (Å²) >= 11 is 0. The predicted octanol–water partition coefficient (Wildman–Crippen LogP) is 4.36. The standard InChI is InChI=1S/C27H24F3N5O6S/c1-3-34-14-21(17-8-10-31-11-9-17)26(32-34)20-13-19(5-7-22(20)29)35(16-41-27(38)33(2)15-25(36)37)42(39,40)24-12-18(28)4-6-23(24)30/h4-14H,3,15-16H2,1-2H3,(H,36,37). The number of benzene rings is 2. The Morgan fingerprint density at radius 1 is 1.00 bits per heavy atom. The molecule has 2 heterocycles. The van der Waals surface area contributed by atoms with Crippen molar-refractivity contribution in [3.05, 3.63) is 84.6 Å². The number of carbonyl (C=O) groups is 2. The summed E-state index contributed by atoms with van der Waals surface area (Å²) in [6.07, 6.45) is 3.52. The van der Waals surface area contributed by atoms with Gasteiger partial charge in [-0.25, -0.2) is 30.7 Å². The number of ether oxygens (including phenoxy) is 1. The van der Waals surface area contributed by atoms with Gasteiger partial charge >= 0.3 is 12.1 Å². The van der Waals surface area contributed by atoms with Gasteiger partial charge in [0.05, 0.1) is 5.69 Å². The molecule has 0 bridgehead atoms. The van der Waals surface area contributed by atoms with Crippen molar-refractivity contribution in [3.8, 4) is 22.4 Å². The Bertz CT molecular complexity index is 1730. The van der Waals surface area contributed by atoms with Crippen LogP contribution < -0.4 is 4.31 Å². The molecule has 11 nitrogen and oxygen atoms in total. The van der Waals surface area contributed by atoms with E-state index in [1.54, 1.807) is 23.0 Å². The van der Waals surface area contributed by atoms with Gasteiger partial charge in [0, 0.05) is 43.3 Å². The van der Waals surface area contributed by atoms with Crippen molar-refractivity contribution in [2.24, 2.45) is 0 Å². The average Bonchev–Trinajstić information content (AvgIpc) is 3.39. The number of carbonyl (C=O) groups excluding carboxylic acids is 1. The number of aliphatic carboxylic acids is 1. The number of hydrogen-bond donors (Lipinski definition) is 1. The monoisotopic (exact) mass is 603 g/mol. The van der Waals surface area contributed by atoms with Crippen molar-refractivity contribution in [1.82, 2.24) is 19.7 Å². The molecule has 42 heavy (non-hydrogen) atoms. The van der Waals surface area contributed by atoms with Crippen molar-refractivity contribution in [3.63, 3.8) is 0 Å². The quantitative estimate of drug-likeness (QED) is 0.264. The molecule has 0 radical (unpaired) electrons. The van der Waals surface area contributed by atoms with E-state index in [0.29, 0.717) is 39.0 Å². The van der Waals surface area contributed by atoms with Gasteiger partial charge in [-0.05, 0) is 61.0 Å². The van der Waals surface area contributed by atoms with Crippen LogP contribution in [0.25, 0.3) is 22.4 Å². The fourth-order valence-corrected chi connectivity index (χ4v) is 5.34. The van der Waals surface area contributed by atoms with Gasteiger partial charge in [0.2, 0.25) is 0 Å². The Balaban J connectivity index is 1.84. The third kappa shape index (κ3) is 6.35. The van der Waals surface area contributed by atoms with Crippen LogP contribution in [-0.4, -0.2) is 65.6 Å². The Hall–Kier alpha value is -4.92. The molecule has 0 atom stereocenters. The number of likely N-dealkylation sites (N-methyl/N-ethyl adjacent to an activating group) is 1. The van der Waals surface area contributed by atoms with Crippen LogP contribution in [0.15, 0.2) is 72.0 Å². The molecule has 0 fully saturated rings. The molecule has 0 saturated carbocycles. The third-order valence-electron chi connectivity index (χ3n) is 6.02. The number of carboxylic acid groups (broad SMARTS) is 1. The van der Waals surface area contributed by atoms with Crippen LogP contribution in [0.2, 0.25) is 0 Å². The number of nitrogens with zero attached hydrogens (tertiary/aromatic N) is 5. The minimum atomic E-state index is -4.98. The van der Waals surface area contributed by atoms with E-state index in [1.807, 2.05) is 6.92 Å². The molecule has 0 unspecified atom stereocenters. The van der Waals surface area contributed by atoms with Gasteiger partial charge < -0.3 is 14.7 Å². The molecule has 15 heteroatoms. The highest BCUT2D eigenvalue weighted by atomic mass is 32.2. The molecular weight excluding hydrogens is 579 g/mol. The summed E-state index contributed by atoms with van der Waals surface area (Å²) in [5.41, 5.74) is 0.875. The lowest BCUT2D eigenvalue weighted by atomic mass is 10.0. The molecule has 0 aliphatic rings. The van der Waals surface area contributed by atoms with E-state index in [1.165, 1.54) is 12.4 Å². The average molecular weight is 604 g/mol. The number of aryl methyl sites for hydroxylation is 1. The summed E-state index contributed by atoms with van der Waals surface area (Å²) < 4.78 is 78.3. The first kappa shape index (κ1) is 30.0. The van der Waals surface area contributed by atoms with Crippen LogP contribution in [0.5, 0.6) is 0 Å². The molecule has 4 rings (SSSR count). The molecule has 0 spiro atoms. The van der Waals surface area contributed by atoms with E-state index in [2.05, 4.69) is 10.1 Å². The summed E-state index contributed by atoms with van der Waals surface area (Å²) in [4.78, 5) is 26.9. The Kier molecular flexibility index (Phi) is 8.80. The number of carboxylic acids is 1. The molecule has 2 aromatic heterocycles. The second-order valence-electron chi connectivity index (χ2n) is 8.86. The zero-order chi connectivity index (χ0) is 30.6. The zero-order valence-electron chi connectivity index (χ0n) is 22.2. The molecule has 4 aromatic rings. The first-order valence-corrected chi connectivity index (χ1v) is 13.7. The van der Waals surface area contributed by atoms with E-state index in [4.69, 9.17) is 9.84 Å². The van der Waals surface area contributed by atoms with Crippen molar-refractivity contribution in [2.45, 2.75) is 18.4 Å². The number of pyridine rings is 1. The number of rotatable bonds is 10. The lowest BCUT2D eigenvalue weighted by Gasteiger charge is -2.26. The molecular formula is C27H24F3N5O6S. The maximum Gasteiger partial charge on any atom is 0.411 e. The second-order valence-corrected chi connectivity index (χ2v) is 10.7. The number of anilines is 1. The van der Waals surface area contributed by atoms with Crippen LogP contribution in [0.4, 0.5) is 23.7 Å². The number of sulfonamides is 1. The molecule has 1 N–H and O–H groups in total. The minimum Gasteiger partial charge on any atom is -0.480 e. The van der Waals surface area contributed by atoms with Crippen LogP contribution in [0, 0.1) is 17.5 Å². The smallest absolute Gasteiger partial charge is 0.411 e. The fraction of sp³-hybridized carbons (Fsp3) is 0.185. The molecule has 220 valence electrons. The van der Waals surface area contributed by atoms with Gasteiger partial charge in [0.25, 0.3) is 10.0 Å². The van der Waals surface area contributed by atoms with E-state index in [9.17, 15) is 26.8 Å². The van der Waals surface area contributed by atoms with Gasteiger partial charge in [0.1, 0.15) is 34.6 Å². The summed E-state index contributed by atoms with van der Waals surface area (Å²) in [6, 6.07) is 8.26. The SMILES string of the molecule is CCn1cc(-c2ccncc2)c(-c2cc(N(COC(=O)N(C)CC(=O)O)S(=O)(=O)c3cc(F)ccc3F)ccc2F)n1. The van der Waals surface area contributed by atoms with E-state index in [-0.39, 0.29) is 16.9 Å². The highest BCUT2D eigenvalue weighted by molar-refractivity contribution is 7.92. The molecule has 1 amide bonds. The van der Waals surface area contributed by atoms with Crippen LogP contribution in [-0.2, 0) is 26.1 Å². The second kappa shape index (κ2) is 12.3. The summed E-state index contributed by atoms with van der Waals surface area (Å²) in [6.45, 7) is 0.394. The number of hydrogen-bond acceptors (Lipinski definition) is 7. The van der Waals surface area contributed by atoms with Crippen LogP contribution in [0.1, 0.15) is 6.92 Å². The van der Waals surface area contributed by atoms with Gasteiger partial charge in [-0.2, -0.15) is 5.10 Å². The van der Waals surface area contributed by atoms with Gasteiger partial charge in [0.15, 0.2) is 6.73 Å². The number of aromatic nitrogens is 3. The minimum absolute atomic E-state index is 0.138. The maximum absolute atomic E-state index is 15.3. The molecule has 2 aromatic carbocycles. The molecule has 0 aliphatic carbocycles. The topological polar surface area (TPSA) is 135 Å². The summed E-state index contributed by atoms with van der Waals surface area (Å²) in [7, 11) is -3.88. The largest absolute Gasteiger partial charge is 0.480 e. The number of amides is 1. The summed E-state index contributed by atoms with van der Waals surface area (Å²) in [5, 5.41) is 13.4. The maximum atomic E-state index is 15.3. The van der Waals surface area contributed by atoms with Gasteiger partial charge in [-0.15, -0.1) is 0 Å². The van der Waals surface area contributed by atoms with Crippen molar-refractivity contribution < 1.29 is 41.0 Å². The van der Waals surface area contributed by atoms with E-state index in [0.717, 1.165) is 31.3 Å². The first-order chi connectivity index (χ1) is 19.9. The normalized spacial score (nSPS) is 11.3.